The van der Waals surface area contributed by atoms with Gasteiger partial charge in [0, 0.05) is 18.8 Å². The van der Waals surface area contributed by atoms with Gasteiger partial charge < -0.3 is 10.2 Å². The standard InChI is InChI=1S/C10H22N2S/c1-4-5-6-10(2)12(9-13)8-7-11-3/h11,13H,2,4-9H2,1,3H3. The largest absolute Gasteiger partial charge is 0.365 e. The SMILES string of the molecule is C=C(CCCC)N(CS)CCNC. The van der Waals surface area contributed by atoms with Gasteiger partial charge in [0.05, 0.1) is 5.88 Å². The first-order valence-electron chi connectivity index (χ1n) is 4.94. The summed E-state index contributed by atoms with van der Waals surface area (Å²) in [5.74, 6) is 0.768. The van der Waals surface area contributed by atoms with E-state index in [2.05, 4.69) is 36.3 Å². The summed E-state index contributed by atoms with van der Waals surface area (Å²) in [5.41, 5.74) is 1.21. The molecule has 2 nitrogen and oxygen atoms in total. The fourth-order valence-corrected chi connectivity index (χ4v) is 1.46. The van der Waals surface area contributed by atoms with Crippen LogP contribution in [-0.2, 0) is 0 Å². The zero-order valence-corrected chi connectivity index (χ0v) is 9.74. The normalized spacial score (nSPS) is 10.1. The molecule has 3 heteroatoms. The average molecular weight is 202 g/mol. The highest BCUT2D eigenvalue weighted by Gasteiger charge is 2.03. The Balaban J connectivity index is 3.71. The van der Waals surface area contributed by atoms with Crippen LogP contribution >= 0.6 is 12.6 Å². The van der Waals surface area contributed by atoms with E-state index in [-0.39, 0.29) is 0 Å². The van der Waals surface area contributed by atoms with Crippen LogP contribution in [0.1, 0.15) is 26.2 Å². The average Bonchev–Trinajstić information content (AvgIpc) is 2.16. The molecule has 13 heavy (non-hydrogen) atoms. The van der Waals surface area contributed by atoms with Crippen LogP contribution < -0.4 is 5.32 Å². The molecule has 0 amide bonds. The van der Waals surface area contributed by atoms with Crippen LogP contribution in [0.15, 0.2) is 12.3 Å². The topological polar surface area (TPSA) is 15.3 Å². The number of nitrogens with one attached hydrogen (secondary N) is 1. The summed E-state index contributed by atoms with van der Waals surface area (Å²) in [6.45, 7) is 8.26. The molecule has 0 saturated carbocycles. The molecule has 1 N–H and O–H groups in total. The third kappa shape index (κ3) is 5.99. The van der Waals surface area contributed by atoms with E-state index in [1.165, 1.54) is 18.5 Å². The summed E-state index contributed by atoms with van der Waals surface area (Å²) in [4.78, 5) is 2.22. The van der Waals surface area contributed by atoms with Crippen molar-refractivity contribution in [1.29, 1.82) is 0 Å². The Morgan fingerprint density at radius 3 is 2.69 bits per heavy atom. The number of unbranched alkanes of at least 4 members (excludes halogenated alkanes) is 1. The summed E-state index contributed by atoms with van der Waals surface area (Å²) in [5, 5.41) is 3.13. The van der Waals surface area contributed by atoms with Gasteiger partial charge in [0.2, 0.25) is 0 Å². The van der Waals surface area contributed by atoms with Crippen molar-refractivity contribution in [3.63, 3.8) is 0 Å². The van der Waals surface area contributed by atoms with Crippen molar-refractivity contribution in [3.8, 4) is 0 Å². The molecule has 0 aromatic rings. The van der Waals surface area contributed by atoms with Crippen LogP contribution in [0.25, 0.3) is 0 Å². The minimum atomic E-state index is 0.768. The lowest BCUT2D eigenvalue weighted by Crippen LogP contribution is -2.29. The predicted molar refractivity (Wildman–Crippen MR) is 63.2 cm³/mol. The van der Waals surface area contributed by atoms with Gasteiger partial charge in [-0.25, -0.2) is 0 Å². The second kappa shape index (κ2) is 8.45. The van der Waals surface area contributed by atoms with Gasteiger partial charge >= 0.3 is 0 Å². The molecule has 0 rings (SSSR count). The Kier molecular flexibility index (Phi) is 8.35. The van der Waals surface area contributed by atoms with Crippen molar-refractivity contribution in [2.45, 2.75) is 26.2 Å². The van der Waals surface area contributed by atoms with Crippen LogP contribution in [0.5, 0.6) is 0 Å². The Hall–Kier alpha value is -0.150. The Morgan fingerprint density at radius 2 is 2.23 bits per heavy atom. The summed E-state index contributed by atoms with van der Waals surface area (Å²) in [6, 6.07) is 0. The molecule has 0 aliphatic carbocycles. The van der Waals surface area contributed by atoms with Gasteiger partial charge in [-0.1, -0.05) is 19.9 Å². The lowest BCUT2D eigenvalue weighted by Gasteiger charge is -2.24. The van der Waals surface area contributed by atoms with Gasteiger partial charge in [0.1, 0.15) is 0 Å². The van der Waals surface area contributed by atoms with Crippen LogP contribution in [0.4, 0.5) is 0 Å². The van der Waals surface area contributed by atoms with E-state index in [9.17, 15) is 0 Å². The molecule has 0 heterocycles. The zero-order valence-electron chi connectivity index (χ0n) is 8.84. The monoisotopic (exact) mass is 202 g/mol. The summed E-state index contributed by atoms with van der Waals surface area (Å²) in [6.07, 6.45) is 3.55. The van der Waals surface area contributed by atoms with Crippen LogP contribution in [-0.4, -0.2) is 30.9 Å². The van der Waals surface area contributed by atoms with E-state index >= 15 is 0 Å². The van der Waals surface area contributed by atoms with Crippen molar-refractivity contribution in [1.82, 2.24) is 10.2 Å². The fraction of sp³-hybridized carbons (Fsp3) is 0.800. The van der Waals surface area contributed by atoms with E-state index in [1.807, 2.05) is 7.05 Å². The van der Waals surface area contributed by atoms with Crippen molar-refractivity contribution >= 4 is 12.6 Å². The van der Waals surface area contributed by atoms with E-state index < -0.39 is 0 Å². The third-order valence-corrected chi connectivity index (χ3v) is 2.41. The second-order valence-electron chi connectivity index (χ2n) is 3.18. The predicted octanol–water partition coefficient (Wildman–Crippen LogP) is 2.10. The highest BCUT2D eigenvalue weighted by molar-refractivity contribution is 7.80. The molecule has 0 saturated heterocycles. The van der Waals surface area contributed by atoms with Gasteiger partial charge in [-0.05, 0) is 19.9 Å². The van der Waals surface area contributed by atoms with E-state index in [4.69, 9.17) is 0 Å². The number of hydrogen-bond acceptors (Lipinski definition) is 3. The number of likely N-dealkylation sites (N-methyl/N-ethyl adjacent to an activating group) is 1. The van der Waals surface area contributed by atoms with Gasteiger partial charge in [0.15, 0.2) is 0 Å². The zero-order chi connectivity index (χ0) is 10.1. The molecule has 0 spiro atoms. The van der Waals surface area contributed by atoms with Crippen LogP contribution in [0.3, 0.4) is 0 Å². The molecule has 0 aromatic heterocycles. The lowest BCUT2D eigenvalue weighted by atomic mass is 10.2. The first-order chi connectivity index (χ1) is 6.26. The quantitative estimate of drug-likeness (QED) is 0.463. The lowest BCUT2D eigenvalue weighted by molar-refractivity contribution is 0.385. The number of thiol groups is 1. The Bertz CT molecular complexity index is 137. The molecular weight excluding hydrogens is 180 g/mol. The van der Waals surface area contributed by atoms with Gasteiger partial charge in [-0.3, -0.25) is 0 Å². The molecule has 0 aliphatic rings. The highest BCUT2D eigenvalue weighted by atomic mass is 32.1. The van der Waals surface area contributed by atoms with E-state index in [1.54, 1.807) is 0 Å². The van der Waals surface area contributed by atoms with Crippen molar-refractivity contribution in [2.75, 3.05) is 26.0 Å². The fourth-order valence-electron chi connectivity index (χ4n) is 1.11. The van der Waals surface area contributed by atoms with Crippen molar-refractivity contribution in [2.24, 2.45) is 0 Å². The maximum absolute atomic E-state index is 4.29. The molecule has 0 bridgehead atoms. The number of nitrogens with zero attached hydrogens (tertiary/aromatic N) is 1. The smallest absolute Gasteiger partial charge is 0.0607 e. The van der Waals surface area contributed by atoms with Gasteiger partial charge in [-0.15, -0.1) is 0 Å². The second-order valence-corrected chi connectivity index (χ2v) is 3.46. The third-order valence-electron chi connectivity index (χ3n) is 2.07. The minimum Gasteiger partial charge on any atom is -0.365 e. The van der Waals surface area contributed by atoms with Gasteiger partial charge in [0.25, 0.3) is 0 Å². The Morgan fingerprint density at radius 1 is 1.54 bits per heavy atom. The maximum atomic E-state index is 4.29. The van der Waals surface area contributed by atoms with Crippen molar-refractivity contribution < 1.29 is 0 Å². The molecule has 0 unspecified atom stereocenters. The molecule has 0 aliphatic heterocycles. The van der Waals surface area contributed by atoms with Crippen molar-refractivity contribution in [3.05, 3.63) is 12.3 Å². The molecule has 0 atom stereocenters. The molecule has 0 radical (unpaired) electrons. The molecule has 78 valence electrons. The molecule has 0 aromatic carbocycles. The Labute approximate surface area is 87.8 Å². The summed E-state index contributed by atoms with van der Waals surface area (Å²) in [7, 11) is 1.96. The first-order valence-corrected chi connectivity index (χ1v) is 5.57. The number of hydrogen-bond donors (Lipinski definition) is 2. The van der Waals surface area contributed by atoms with E-state index in [0.29, 0.717) is 0 Å². The maximum Gasteiger partial charge on any atom is 0.0607 e. The highest BCUT2D eigenvalue weighted by Crippen LogP contribution is 2.10. The molecule has 0 fully saturated rings. The molecular formula is C10H22N2S. The number of allylic oxidation sites excluding steroid dienone is 1. The van der Waals surface area contributed by atoms with Crippen LogP contribution in [0.2, 0.25) is 0 Å². The van der Waals surface area contributed by atoms with Gasteiger partial charge in [-0.2, -0.15) is 12.6 Å². The number of rotatable bonds is 8. The summed E-state index contributed by atoms with van der Waals surface area (Å²) >= 11 is 4.29. The van der Waals surface area contributed by atoms with Crippen LogP contribution in [0, 0.1) is 0 Å². The van der Waals surface area contributed by atoms with E-state index in [0.717, 1.165) is 25.4 Å². The first kappa shape index (κ1) is 12.8. The summed E-state index contributed by atoms with van der Waals surface area (Å²) < 4.78 is 0. The minimum absolute atomic E-state index is 0.768.